The number of aromatic amines is 2. The van der Waals surface area contributed by atoms with Crippen LogP contribution in [-0.4, -0.2) is 32.3 Å². The van der Waals surface area contributed by atoms with E-state index < -0.39 is 17.2 Å². The SMILES string of the molecule is Cc1c(/C=N/NC(=O)c2cc(=O)[nH]c(=O)[nH]2)c2ccccn2c1C(=O)c1ccccc1. The number of nitrogens with zero attached hydrogens (tertiary/aromatic N) is 2. The van der Waals surface area contributed by atoms with Crippen LogP contribution in [-0.2, 0) is 0 Å². The van der Waals surface area contributed by atoms with Gasteiger partial charge in [-0.3, -0.25) is 19.4 Å². The monoisotopic (exact) mass is 415 g/mol. The summed E-state index contributed by atoms with van der Waals surface area (Å²) < 4.78 is 1.78. The third-order valence-corrected chi connectivity index (χ3v) is 4.75. The van der Waals surface area contributed by atoms with Crippen LogP contribution in [0.1, 0.15) is 37.7 Å². The van der Waals surface area contributed by atoms with Gasteiger partial charge in [0.05, 0.1) is 17.4 Å². The third kappa shape index (κ3) is 3.84. The minimum atomic E-state index is -0.792. The van der Waals surface area contributed by atoms with Crippen molar-refractivity contribution in [3.05, 3.63) is 110 Å². The van der Waals surface area contributed by atoms with Crippen molar-refractivity contribution in [2.24, 2.45) is 5.10 Å². The van der Waals surface area contributed by atoms with E-state index in [4.69, 9.17) is 0 Å². The molecule has 0 bridgehead atoms. The summed E-state index contributed by atoms with van der Waals surface area (Å²) >= 11 is 0. The number of nitrogens with one attached hydrogen (secondary N) is 3. The summed E-state index contributed by atoms with van der Waals surface area (Å²) in [5, 5.41) is 3.95. The average Bonchev–Trinajstić information content (AvgIpc) is 3.04. The lowest BCUT2D eigenvalue weighted by Gasteiger charge is -2.03. The van der Waals surface area contributed by atoms with Gasteiger partial charge in [0.2, 0.25) is 5.78 Å². The van der Waals surface area contributed by atoms with E-state index in [2.05, 4.69) is 15.5 Å². The van der Waals surface area contributed by atoms with Gasteiger partial charge in [-0.2, -0.15) is 5.10 Å². The summed E-state index contributed by atoms with van der Waals surface area (Å²) in [7, 11) is 0. The molecule has 3 aromatic heterocycles. The summed E-state index contributed by atoms with van der Waals surface area (Å²) in [4.78, 5) is 52.2. The van der Waals surface area contributed by atoms with Crippen LogP contribution in [0.4, 0.5) is 0 Å². The van der Waals surface area contributed by atoms with Crippen molar-refractivity contribution in [1.82, 2.24) is 19.8 Å². The fraction of sp³-hybridized carbons (Fsp3) is 0.0455. The summed E-state index contributed by atoms with van der Waals surface area (Å²) in [6, 6.07) is 15.4. The molecule has 9 nitrogen and oxygen atoms in total. The molecule has 0 aliphatic heterocycles. The summed E-state index contributed by atoms with van der Waals surface area (Å²) in [5.74, 6) is -0.884. The summed E-state index contributed by atoms with van der Waals surface area (Å²) in [6.07, 6.45) is 3.21. The van der Waals surface area contributed by atoms with Gasteiger partial charge in [0, 0.05) is 23.4 Å². The number of pyridine rings is 1. The van der Waals surface area contributed by atoms with E-state index in [-0.39, 0.29) is 11.5 Å². The van der Waals surface area contributed by atoms with Crippen LogP contribution >= 0.6 is 0 Å². The first kappa shape index (κ1) is 19.8. The van der Waals surface area contributed by atoms with Crippen LogP contribution in [0.15, 0.2) is 75.5 Å². The van der Waals surface area contributed by atoms with Crippen molar-refractivity contribution < 1.29 is 9.59 Å². The number of hydrazone groups is 1. The van der Waals surface area contributed by atoms with Crippen molar-refractivity contribution >= 4 is 23.4 Å². The minimum Gasteiger partial charge on any atom is -0.313 e. The maximum atomic E-state index is 13.1. The molecule has 9 heteroatoms. The van der Waals surface area contributed by atoms with Gasteiger partial charge in [-0.1, -0.05) is 36.4 Å². The van der Waals surface area contributed by atoms with Crippen LogP contribution in [0.25, 0.3) is 5.52 Å². The van der Waals surface area contributed by atoms with E-state index in [0.717, 1.165) is 11.6 Å². The highest BCUT2D eigenvalue weighted by molar-refractivity contribution is 6.12. The molecular formula is C22H17N5O4. The number of benzene rings is 1. The van der Waals surface area contributed by atoms with Gasteiger partial charge in [0.25, 0.3) is 11.5 Å². The fourth-order valence-electron chi connectivity index (χ4n) is 3.33. The van der Waals surface area contributed by atoms with E-state index in [1.807, 2.05) is 29.2 Å². The number of carbonyl (C=O) groups is 2. The average molecular weight is 415 g/mol. The largest absolute Gasteiger partial charge is 0.326 e. The highest BCUT2D eigenvalue weighted by Crippen LogP contribution is 2.24. The Hall–Kier alpha value is -4.53. The van der Waals surface area contributed by atoms with E-state index in [1.165, 1.54) is 6.21 Å². The van der Waals surface area contributed by atoms with Crippen molar-refractivity contribution in [3.8, 4) is 0 Å². The fourth-order valence-corrected chi connectivity index (χ4v) is 3.33. The maximum absolute atomic E-state index is 13.1. The first-order valence-corrected chi connectivity index (χ1v) is 9.32. The van der Waals surface area contributed by atoms with Crippen LogP contribution in [0.2, 0.25) is 0 Å². The minimum absolute atomic E-state index is 0.135. The van der Waals surface area contributed by atoms with Gasteiger partial charge < -0.3 is 9.38 Å². The highest BCUT2D eigenvalue weighted by Gasteiger charge is 2.20. The van der Waals surface area contributed by atoms with Gasteiger partial charge in [-0.15, -0.1) is 0 Å². The van der Waals surface area contributed by atoms with Gasteiger partial charge in [-0.05, 0) is 24.6 Å². The smallest absolute Gasteiger partial charge is 0.313 e. The molecule has 0 aliphatic rings. The predicted molar refractivity (Wildman–Crippen MR) is 115 cm³/mol. The zero-order valence-corrected chi connectivity index (χ0v) is 16.4. The number of rotatable bonds is 5. The van der Waals surface area contributed by atoms with Crippen LogP contribution in [0.3, 0.4) is 0 Å². The molecular weight excluding hydrogens is 398 g/mol. The molecule has 0 aliphatic carbocycles. The molecule has 1 aromatic carbocycles. The zero-order chi connectivity index (χ0) is 22.0. The predicted octanol–water partition coefficient (Wildman–Crippen LogP) is 1.62. The number of amides is 1. The number of H-pyrrole nitrogens is 2. The molecule has 0 radical (unpaired) electrons. The van der Waals surface area contributed by atoms with Crippen LogP contribution in [0.5, 0.6) is 0 Å². The first-order chi connectivity index (χ1) is 15.0. The Labute approximate surface area is 175 Å². The molecule has 0 atom stereocenters. The Balaban J connectivity index is 1.69. The summed E-state index contributed by atoms with van der Waals surface area (Å²) in [6.45, 7) is 1.81. The van der Waals surface area contributed by atoms with E-state index in [9.17, 15) is 19.2 Å². The lowest BCUT2D eigenvalue weighted by atomic mass is 10.0. The molecule has 0 saturated carbocycles. The molecule has 4 rings (SSSR count). The van der Waals surface area contributed by atoms with E-state index >= 15 is 0 Å². The van der Waals surface area contributed by atoms with Crippen molar-refractivity contribution in [3.63, 3.8) is 0 Å². The Morgan fingerprint density at radius 1 is 1.03 bits per heavy atom. The number of aromatic nitrogens is 3. The van der Waals surface area contributed by atoms with Crippen LogP contribution < -0.4 is 16.7 Å². The number of carbonyl (C=O) groups excluding carboxylic acids is 2. The van der Waals surface area contributed by atoms with Gasteiger partial charge >= 0.3 is 5.69 Å². The standard InChI is InChI=1S/C22H17N5O4/c1-13-15(12-23-26-21(30)16-11-18(28)25-22(31)24-16)17-9-5-6-10-27(17)19(13)20(29)14-7-3-2-4-8-14/h2-12H,1H3,(H,26,30)(H2,24,25,28,31)/b23-12+. The molecule has 0 unspecified atom stereocenters. The molecule has 31 heavy (non-hydrogen) atoms. The molecule has 154 valence electrons. The molecule has 4 aromatic rings. The molecule has 3 N–H and O–H groups in total. The number of hydrogen-bond donors (Lipinski definition) is 3. The molecule has 3 heterocycles. The second kappa shape index (κ2) is 8.07. The zero-order valence-electron chi connectivity index (χ0n) is 16.4. The third-order valence-electron chi connectivity index (χ3n) is 4.75. The quantitative estimate of drug-likeness (QED) is 0.260. The van der Waals surface area contributed by atoms with Gasteiger partial charge in [-0.25, -0.2) is 10.2 Å². The normalized spacial score (nSPS) is 11.1. The van der Waals surface area contributed by atoms with Gasteiger partial charge in [0.1, 0.15) is 5.69 Å². The number of fused-ring (bicyclic) bond motifs is 1. The Kier molecular flexibility index (Phi) is 5.15. The second-order valence-corrected chi connectivity index (χ2v) is 6.74. The molecule has 0 saturated heterocycles. The van der Waals surface area contributed by atoms with E-state index in [0.29, 0.717) is 22.4 Å². The Bertz CT molecular complexity index is 1420. The summed E-state index contributed by atoms with van der Waals surface area (Å²) in [5.41, 5.74) is 3.71. The van der Waals surface area contributed by atoms with Crippen molar-refractivity contribution in [2.45, 2.75) is 6.92 Å². The van der Waals surface area contributed by atoms with Gasteiger partial charge in [0.15, 0.2) is 0 Å². The second-order valence-electron chi connectivity index (χ2n) is 6.74. The lowest BCUT2D eigenvalue weighted by molar-refractivity contribution is 0.0948. The van der Waals surface area contributed by atoms with E-state index in [1.54, 1.807) is 41.8 Å². The Morgan fingerprint density at radius 2 is 1.77 bits per heavy atom. The maximum Gasteiger partial charge on any atom is 0.326 e. The molecule has 0 spiro atoms. The Morgan fingerprint density at radius 3 is 2.52 bits per heavy atom. The molecule has 0 fully saturated rings. The molecule has 1 amide bonds. The lowest BCUT2D eigenvalue weighted by Crippen LogP contribution is -2.28. The van der Waals surface area contributed by atoms with Crippen LogP contribution in [0, 0.1) is 6.92 Å². The van der Waals surface area contributed by atoms with Crippen molar-refractivity contribution in [2.75, 3.05) is 0 Å². The topological polar surface area (TPSA) is 129 Å². The first-order valence-electron chi connectivity index (χ1n) is 9.32. The van der Waals surface area contributed by atoms with Crippen molar-refractivity contribution in [1.29, 1.82) is 0 Å². The number of ketones is 1. The highest BCUT2D eigenvalue weighted by atomic mass is 16.2. The number of hydrogen-bond acceptors (Lipinski definition) is 5.